The lowest BCUT2D eigenvalue weighted by Gasteiger charge is -2.47. The molecule has 0 spiro atoms. The molecule has 0 aromatic rings. The molecule has 0 radical (unpaired) electrons. The van der Waals surface area contributed by atoms with E-state index in [2.05, 4.69) is 29.8 Å². The summed E-state index contributed by atoms with van der Waals surface area (Å²) < 4.78 is 24.2. The van der Waals surface area contributed by atoms with Crippen molar-refractivity contribution >= 4 is 31.9 Å². The maximum atomic E-state index is 12.2. The first-order valence-corrected chi connectivity index (χ1v) is 9.37. The summed E-state index contributed by atoms with van der Waals surface area (Å²) in [5, 5.41) is 0.724. The average Bonchev–Trinajstić information content (AvgIpc) is 2.35. The highest BCUT2D eigenvalue weighted by molar-refractivity contribution is 9.09. The Morgan fingerprint density at radius 2 is 1.68 bits per heavy atom. The molecule has 1 amide bonds. The van der Waals surface area contributed by atoms with Gasteiger partial charge in [-0.05, 0) is 32.1 Å². The summed E-state index contributed by atoms with van der Waals surface area (Å²) in [4.78, 5) is 12.0. The second-order valence-corrected chi connectivity index (χ2v) is 8.93. The molecule has 112 valence electrons. The van der Waals surface area contributed by atoms with Crippen LogP contribution in [0.25, 0.3) is 0 Å². The van der Waals surface area contributed by atoms with E-state index < -0.39 is 14.8 Å². The normalized spacial score (nSPS) is 21.3. The van der Waals surface area contributed by atoms with Crippen molar-refractivity contribution in [3.05, 3.63) is 0 Å². The lowest BCUT2D eigenvalue weighted by Crippen LogP contribution is -2.69. The van der Waals surface area contributed by atoms with Gasteiger partial charge in [-0.3, -0.25) is 4.79 Å². The zero-order valence-electron chi connectivity index (χ0n) is 12.2. The van der Waals surface area contributed by atoms with Gasteiger partial charge in [-0.1, -0.05) is 42.6 Å². The van der Waals surface area contributed by atoms with Crippen molar-refractivity contribution in [2.75, 3.05) is 11.9 Å². The third kappa shape index (κ3) is 2.71. The van der Waals surface area contributed by atoms with E-state index >= 15 is 0 Å². The van der Waals surface area contributed by atoms with Gasteiger partial charge in [0.1, 0.15) is 0 Å². The van der Waals surface area contributed by atoms with Crippen LogP contribution in [0.4, 0.5) is 0 Å². The predicted octanol–water partition coefficient (Wildman–Crippen LogP) is 2.92. The van der Waals surface area contributed by atoms with E-state index in [1.54, 1.807) is 0 Å². The fourth-order valence-corrected chi connectivity index (χ4v) is 5.12. The highest BCUT2D eigenvalue weighted by Crippen LogP contribution is 2.41. The molecule has 0 aromatic carbocycles. The molecule has 1 fully saturated rings. The summed E-state index contributed by atoms with van der Waals surface area (Å²) in [5.41, 5.74) is -0.136. The van der Waals surface area contributed by atoms with Crippen LogP contribution in [0.2, 0.25) is 0 Å². The maximum absolute atomic E-state index is 12.2. The third-order valence-electron chi connectivity index (χ3n) is 4.00. The standard InChI is InChI=1S/C13H24BrNO3S/c1-5-7-13(9-14,8-6-2)10-15-11(16)12(3,4)19(15,17)18/h5-10H2,1-4H3. The molecule has 1 rings (SSSR count). The number of hydrogen-bond acceptors (Lipinski definition) is 3. The lowest BCUT2D eigenvalue weighted by molar-refractivity contribution is -0.133. The van der Waals surface area contributed by atoms with Crippen LogP contribution in [0.3, 0.4) is 0 Å². The summed E-state index contributed by atoms with van der Waals surface area (Å²) in [6.45, 7) is 7.45. The number of nitrogens with zero attached hydrogens (tertiary/aromatic N) is 1. The molecular formula is C13H24BrNO3S. The number of rotatable bonds is 7. The minimum atomic E-state index is -3.47. The molecule has 0 aliphatic carbocycles. The Bertz CT molecular complexity index is 439. The minimum absolute atomic E-state index is 0.136. The molecule has 1 aliphatic heterocycles. The van der Waals surface area contributed by atoms with Crippen LogP contribution >= 0.6 is 15.9 Å². The first-order valence-electron chi connectivity index (χ1n) is 6.81. The second-order valence-electron chi connectivity index (χ2n) is 5.96. The number of carbonyl (C=O) groups excluding carboxylic acids is 1. The van der Waals surface area contributed by atoms with E-state index in [0.717, 1.165) is 35.3 Å². The first-order chi connectivity index (χ1) is 8.68. The van der Waals surface area contributed by atoms with Gasteiger partial charge in [0.2, 0.25) is 0 Å². The Balaban J connectivity index is 2.96. The number of hydrogen-bond donors (Lipinski definition) is 0. The molecule has 19 heavy (non-hydrogen) atoms. The van der Waals surface area contributed by atoms with Gasteiger partial charge in [0.05, 0.1) is 0 Å². The Hall–Kier alpha value is -0.100. The molecule has 6 heteroatoms. The molecule has 0 saturated carbocycles. The van der Waals surface area contributed by atoms with Gasteiger partial charge in [-0.15, -0.1) is 0 Å². The van der Waals surface area contributed by atoms with Crippen molar-refractivity contribution < 1.29 is 13.2 Å². The van der Waals surface area contributed by atoms with Gasteiger partial charge in [0.15, 0.2) is 4.75 Å². The first kappa shape index (κ1) is 17.0. The van der Waals surface area contributed by atoms with Gasteiger partial charge >= 0.3 is 0 Å². The Labute approximate surface area is 125 Å². The van der Waals surface area contributed by atoms with Crippen LogP contribution in [0, 0.1) is 5.41 Å². The summed E-state index contributed by atoms with van der Waals surface area (Å²) in [6, 6.07) is 0. The van der Waals surface area contributed by atoms with E-state index in [1.165, 1.54) is 13.8 Å². The van der Waals surface area contributed by atoms with Gasteiger partial charge in [0, 0.05) is 11.9 Å². The fraction of sp³-hybridized carbons (Fsp3) is 0.923. The van der Waals surface area contributed by atoms with Crippen LogP contribution < -0.4 is 0 Å². The van der Waals surface area contributed by atoms with Gasteiger partial charge < -0.3 is 0 Å². The van der Waals surface area contributed by atoms with Crippen molar-refractivity contribution in [1.82, 2.24) is 4.31 Å². The summed E-state index contributed by atoms with van der Waals surface area (Å²) in [7, 11) is -3.47. The highest BCUT2D eigenvalue weighted by Gasteiger charge is 2.61. The van der Waals surface area contributed by atoms with E-state index in [1.807, 2.05) is 0 Å². The number of alkyl halides is 1. The van der Waals surface area contributed by atoms with Crippen molar-refractivity contribution in [2.45, 2.75) is 58.1 Å². The zero-order chi connectivity index (χ0) is 14.9. The van der Waals surface area contributed by atoms with Crippen LogP contribution in [0.5, 0.6) is 0 Å². The third-order valence-corrected chi connectivity index (χ3v) is 7.53. The van der Waals surface area contributed by atoms with Crippen LogP contribution in [-0.4, -0.2) is 35.3 Å². The topological polar surface area (TPSA) is 54.5 Å². The molecule has 1 aliphatic rings. The molecular weight excluding hydrogens is 330 g/mol. The van der Waals surface area contributed by atoms with Crippen LogP contribution in [-0.2, 0) is 14.8 Å². The minimum Gasteiger partial charge on any atom is -0.272 e. The molecule has 1 saturated heterocycles. The second kappa shape index (κ2) is 5.72. The molecule has 0 unspecified atom stereocenters. The Morgan fingerprint density at radius 1 is 1.21 bits per heavy atom. The molecule has 4 nitrogen and oxygen atoms in total. The summed E-state index contributed by atoms with van der Waals surface area (Å²) >= 11 is 3.51. The van der Waals surface area contributed by atoms with Crippen LogP contribution in [0.15, 0.2) is 0 Å². The number of carbonyl (C=O) groups is 1. The van der Waals surface area contributed by atoms with Gasteiger partial charge in [0.25, 0.3) is 15.9 Å². The van der Waals surface area contributed by atoms with Crippen molar-refractivity contribution in [2.24, 2.45) is 5.41 Å². The van der Waals surface area contributed by atoms with E-state index in [4.69, 9.17) is 0 Å². The molecule has 0 atom stereocenters. The fourth-order valence-electron chi connectivity index (χ4n) is 2.74. The van der Waals surface area contributed by atoms with Crippen molar-refractivity contribution in [3.8, 4) is 0 Å². The average molecular weight is 354 g/mol. The molecule has 0 bridgehead atoms. The number of amides is 1. The number of halogens is 1. The predicted molar refractivity (Wildman–Crippen MR) is 80.8 cm³/mol. The van der Waals surface area contributed by atoms with Gasteiger partial charge in [-0.25, -0.2) is 12.7 Å². The van der Waals surface area contributed by atoms with E-state index in [9.17, 15) is 13.2 Å². The molecule has 0 aromatic heterocycles. The van der Waals surface area contributed by atoms with E-state index in [0.29, 0.717) is 6.54 Å². The summed E-state index contributed by atoms with van der Waals surface area (Å²) in [6.07, 6.45) is 3.81. The van der Waals surface area contributed by atoms with Gasteiger partial charge in [-0.2, -0.15) is 0 Å². The maximum Gasteiger partial charge on any atom is 0.258 e. The van der Waals surface area contributed by atoms with Crippen molar-refractivity contribution in [3.63, 3.8) is 0 Å². The quantitative estimate of drug-likeness (QED) is 0.661. The smallest absolute Gasteiger partial charge is 0.258 e. The largest absolute Gasteiger partial charge is 0.272 e. The monoisotopic (exact) mass is 353 g/mol. The SMILES string of the molecule is CCCC(CBr)(CCC)CN1C(=O)C(C)(C)S1(=O)=O. The molecule has 1 heterocycles. The lowest BCUT2D eigenvalue weighted by atomic mass is 9.81. The zero-order valence-corrected chi connectivity index (χ0v) is 14.6. The Kier molecular flexibility index (Phi) is 5.10. The molecule has 0 N–H and O–H groups in total. The Morgan fingerprint density at radius 3 is 2.00 bits per heavy atom. The van der Waals surface area contributed by atoms with Crippen LogP contribution in [0.1, 0.15) is 53.4 Å². The van der Waals surface area contributed by atoms with Crippen molar-refractivity contribution in [1.29, 1.82) is 0 Å². The summed E-state index contributed by atoms with van der Waals surface area (Å²) in [5.74, 6) is -0.273. The highest BCUT2D eigenvalue weighted by atomic mass is 79.9. The van der Waals surface area contributed by atoms with E-state index in [-0.39, 0.29) is 11.3 Å². The number of sulfonamides is 1.